The molecule has 1 saturated heterocycles. The second-order valence-corrected chi connectivity index (χ2v) is 3.64. The van der Waals surface area contributed by atoms with E-state index in [-0.39, 0.29) is 18.5 Å². The lowest BCUT2D eigenvalue weighted by Gasteiger charge is -2.13. The molecule has 0 radical (unpaired) electrons. The Bertz CT molecular complexity index is 414. The molecular weight excluding hydrogens is 206 g/mol. The second-order valence-electron chi connectivity index (χ2n) is 3.64. The van der Waals surface area contributed by atoms with Gasteiger partial charge in [0.2, 0.25) is 5.91 Å². The van der Waals surface area contributed by atoms with Gasteiger partial charge in [-0.15, -0.1) is 0 Å². The Morgan fingerprint density at radius 1 is 1.25 bits per heavy atom. The standard InChI is InChI=1S/C11H13N3O2/c12-6-5-8-1-3-9(4-2-8)14-7-10(15)13-11(14)16/h1-4H,5-7,12H2,(H,13,15,16). The number of nitrogens with zero attached hydrogens (tertiary/aromatic N) is 1. The maximum absolute atomic E-state index is 11.4. The summed E-state index contributed by atoms with van der Waals surface area (Å²) in [7, 11) is 0. The van der Waals surface area contributed by atoms with Crippen molar-refractivity contribution in [2.75, 3.05) is 18.0 Å². The van der Waals surface area contributed by atoms with E-state index < -0.39 is 0 Å². The van der Waals surface area contributed by atoms with Gasteiger partial charge in [0.1, 0.15) is 6.54 Å². The second kappa shape index (κ2) is 4.32. The van der Waals surface area contributed by atoms with Crippen molar-refractivity contribution in [3.63, 3.8) is 0 Å². The molecule has 0 unspecified atom stereocenters. The lowest BCUT2D eigenvalue weighted by Crippen LogP contribution is -2.27. The van der Waals surface area contributed by atoms with Crippen LogP contribution in [0.3, 0.4) is 0 Å². The molecular formula is C11H13N3O2. The highest BCUT2D eigenvalue weighted by molar-refractivity contribution is 6.12. The maximum Gasteiger partial charge on any atom is 0.329 e. The van der Waals surface area contributed by atoms with Crippen molar-refractivity contribution >= 4 is 17.6 Å². The number of urea groups is 1. The fraction of sp³-hybridized carbons (Fsp3) is 0.273. The molecule has 84 valence electrons. The van der Waals surface area contributed by atoms with Gasteiger partial charge in [0, 0.05) is 5.69 Å². The first-order valence-electron chi connectivity index (χ1n) is 5.11. The van der Waals surface area contributed by atoms with Gasteiger partial charge in [-0.2, -0.15) is 0 Å². The van der Waals surface area contributed by atoms with E-state index >= 15 is 0 Å². The van der Waals surface area contributed by atoms with E-state index in [4.69, 9.17) is 5.73 Å². The smallest absolute Gasteiger partial charge is 0.329 e. The molecule has 0 aliphatic carbocycles. The molecule has 3 N–H and O–H groups in total. The number of benzene rings is 1. The minimum absolute atomic E-state index is 0.0923. The summed E-state index contributed by atoms with van der Waals surface area (Å²) in [6.45, 7) is 0.692. The molecule has 1 heterocycles. The van der Waals surface area contributed by atoms with E-state index in [9.17, 15) is 9.59 Å². The summed E-state index contributed by atoms with van der Waals surface area (Å²) in [5.41, 5.74) is 7.29. The van der Waals surface area contributed by atoms with Crippen LogP contribution >= 0.6 is 0 Å². The Balaban J connectivity index is 2.15. The van der Waals surface area contributed by atoms with Crippen LogP contribution in [-0.4, -0.2) is 25.0 Å². The van der Waals surface area contributed by atoms with Gasteiger partial charge in [0.25, 0.3) is 0 Å². The van der Waals surface area contributed by atoms with Crippen LogP contribution in [0.2, 0.25) is 0 Å². The van der Waals surface area contributed by atoms with Crippen LogP contribution in [0.15, 0.2) is 24.3 Å². The van der Waals surface area contributed by atoms with Gasteiger partial charge in [0.05, 0.1) is 0 Å². The minimum Gasteiger partial charge on any atom is -0.330 e. The Hall–Kier alpha value is -1.88. The van der Waals surface area contributed by atoms with Gasteiger partial charge in [-0.05, 0) is 30.7 Å². The molecule has 2 rings (SSSR count). The molecule has 5 heteroatoms. The molecule has 0 bridgehead atoms. The third-order valence-corrected chi connectivity index (χ3v) is 2.47. The Labute approximate surface area is 93.2 Å². The summed E-state index contributed by atoms with van der Waals surface area (Å²) < 4.78 is 0. The van der Waals surface area contributed by atoms with Crippen LogP contribution in [0.25, 0.3) is 0 Å². The summed E-state index contributed by atoms with van der Waals surface area (Å²) in [4.78, 5) is 23.8. The van der Waals surface area contributed by atoms with Gasteiger partial charge in [-0.3, -0.25) is 15.0 Å². The van der Waals surface area contributed by atoms with E-state index in [1.807, 2.05) is 24.3 Å². The van der Waals surface area contributed by atoms with E-state index in [1.54, 1.807) is 0 Å². The van der Waals surface area contributed by atoms with Crippen molar-refractivity contribution < 1.29 is 9.59 Å². The van der Waals surface area contributed by atoms with Gasteiger partial charge >= 0.3 is 6.03 Å². The summed E-state index contributed by atoms with van der Waals surface area (Å²) in [6.07, 6.45) is 0.811. The van der Waals surface area contributed by atoms with Crippen LogP contribution in [0.4, 0.5) is 10.5 Å². The zero-order valence-corrected chi connectivity index (χ0v) is 8.77. The molecule has 3 amide bonds. The molecule has 1 aliphatic rings. The largest absolute Gasteiger partial charge is 0.330 e. The van der Waals surface area contributed by atoms with E-state index in [0.29, 0.717) is 6.54 Å². The molecule has 1 aromatic carbocycles. The number of hydrogen-bond donors (Lipinski definition) is 2. The van der Waals surface area contributed by atoms with Crippen molar-refractivity contribution in [3.05, 3.63) is 29.8 Å². The average Bonchev–Trinajstić information content (AvgIpc) is 2.59. The first-order chi connectivity index (χ1) is 7.70. The van der Waals surface area contributed by atoms with Crippen molar-refractivity contribution in [2.24, 2.45) is 5.73 Å². The number of nitrogens with two attached hydrogens (primary N) is 1. The number of nitrogens with one attached hydrogen (secondary N) is 1. The first-order valence-corrected chi connectivity index (χ1v) is 5.11. The molecule has 1 aromatic rings. The van der Waals surface area contributed by atoms with E-state index in [1.165, 1.54) is 4.90 Å². The Morgan fingerprint density at radius 3 is 2.44 bits per heavy atom. The molecule has 1 fully saturated rings. The quantitative estimate of drug-likeness (QED) is 0.715. The highest BCUT2D eigenvalue weighted by Crippen LogP contribution is 2.17. The monoisotopic (exact) mass is 219 g/mol. The summed E-state index contributed by atoms with van der Waals surface area (Å²) in [5.74, 6) is -0.268. The Kier molecular flexibility index (Phi) is 2.87. The fourth-order valence-corrected chi connectivity index (χ4v) is 1.66. The number of anilines is 1. The number of amides is 3. The van der Waals surface area contributed by atoms with Crippen LogP contribution in [0, 0.1) is 0 Å². The molecule has 0 spiro atoms. The van der Waals surface area contributed by atoms with Crippen LogP contribution in [-0.2, 0) is 11.2 Å². The van der Waals surface area contributed by atoms with Crippen LogP contribution < -0.4 is 16.0 Å². The zero-order chi connectivity index (χ0) is 11.5. The first kappa shape index (κ1) is 10.6. The fourth-order valence-electron chi connectivity index (χ4n) is 1.66. The topological polar surface area (TPSA) is 75.4 Å². The molecule has 16 heavy (non-hydrogen) atoms. The van der Waals surface area contributed by atoms with Crippen molar-refractivity contribution in [3.8, 4) is 0 Å². The molecule has 0 aromatic heterocycles. The number of imide groups is 1. The van der Waals surface area contributed by atoms with Crippen molar-refractivity contribution in [2.45, 2.75) is 6.42 Å². The predicted molar refractivity (Wildman–Crippen MR) is 60.1 cm³/mol. The lowest BCUT2D eigenvalue weighted by molar-refractivity contribution is -0.117. The predicted octanol–water partition coefficient (Wildman–Crippen LogP) is 0.244. The van der Waals surface area contributed by atoms with Crippen LogP contribution in [0.5, 0.6) is 0 Å². The van der Waals surface area contributed by atoms with Gasteiger partial charge < -0.3 is 5.73 Å². The van der Waals surface area contributed by atoms with Crippen molar-refractivity contribution in [1.82, 2.24) is 5.32 Å². The molecule has 0 saturated carbocycles. The normalized spacial score (nSPS) is 15.4. The van der Waals surface area contributed by atoms with Crippen molar-refractivity contribution in [1.29, 1.82) is 0 Å². The third kappa shape index (κ3) is 2.04. The number of carbonyl (C=O) groups excluding carboxylic acids is 2. The highest BCUT2D eigenvalue weighted by Gasteiger charge is 2.27. The van der Waals surface area contributed by atoms with Gasteiger partial charge in [0.15, 0.2) is 0 Å². The summed E-state index contributed by atoms with van der Waals surface area (Å²) >= 11 is 0. The number of rotatable bonds is 3. The van der Waals surface area contributed by atoms with Gasteiger partial charge in [-0.1, -0.05) is 12.1 Å². The zero-order valence-electron chi connectivity index (χ0n) is 8.77. The van der Waals surface area contributed by atoms with E-state index in [0.717, 1.165) is 17.7 Å². The maximum atomic E-state index is 11.4. The van der Waals surface area contributed by atoms with E-state index in [2.05, 4.69) is 5.32 Å². The van der Waals surface area contributed by atoms with Gasteiger partial charge in [-0.25, -0.2) is 4.79 Å². The summed E-state index contributed by atoms with van der Waals surface area (Å²) in [5, 5.41) is 2.23. The summed E-state index contributed by atoms with van der Waals surface area (Å²) in [6, 6.07) is 7.11. The molecule has 1 aliphatic heterocycles. The number of hydrogen-bond acceptors (Lipinski definition) is 3. The Morgan fingerprint density at radius 2 is 1.94 bits per heavy atom. The molecule has 0 atom stereocenters. The lowest BCUT2D eigenvalue weighted by atomic mass is 10.1. The third-order valence-electron chi connectivity index (χ3n) is 2.47. The highest BCUT2D eigenvalue weighted by atomic mass is 16.2. The van der Waals surface area contributed by atoms with Crippen LogP contribution in [0.1, 0.15) is 5.56 Å². The molecule has 5 nitrogen and oxygen atoms in total. The minimum atomic E-state index is -0.364. The SMILES string of the molecule is NCCc1ccc(N2CC(=O)NC2=O)cc1. The average molecular weight is 219 g/mol. The number of carbonyl (C=O) groups is 2.